The quantitative estimate of drug-likeness (QED) is 0.660. The smallest absolute Gasteiger partial charge is 0.126 e. The first-order valence-corrected chi connectivity index (χ1v) is 6.61. The van der Waals surface area contributed by atoms with Crippen molar-refractivity contribution in [2.45, 2.75) is 12.5 Å². The van der Waals surface area contributed by atoms with E-state index in [0.717, 1.165) is 11.6 Å². The Kier molecular flexibility index (Phi) is 4.94. The normalized spacial score (nSPS) is 12.4. The van der Waals surface area contributed by atoms with Gasteiger partial charge in [0.1, 0.15) is 11.6 Å². The standard InChI is InChI=1S/C14H12Cl2F2N2/c15-10-2-1-8(13(16)6-10)5-14(20-19)9-3-11(17)7-12(18)4-9/h1-4,6-7,14,20H,5,19H2. The molecule has 2 rings (SSSR count). The van der Waals surface area contributed by atoms with E-state index < -0.39 is 17.7 Å². The van der Waals surface area contributed by atoms with E-state index in [1.165, 1.54) is 12.1 Å². The molecule has 20 heavy (non-hydrogen) atoms. The van der Waals surface area contributed by atoms with Crippen molar-refractivity contribution in [3.8, 4) is 0 Å². The van der Waals surface area contributed by atoms with Crippen molar-refractivity contribution in [2.24, 2.45) is 5.84 Å². The van der Waals surface area contributed by atoms with Crippen LogP contribution in [0.15, 0.2) is 36.4 Å². The van der Waals surface area contributed by atoms with E-state index in [0.29, 0.717) is 22.0 Å². The summed E-state index contributed by atoms with van der Waals surface area (Å²) in [6, 6.07) is 7.88. The van der Waals surface area contributed by atoms with E-state index in [1.807, 2.05) is 0 Å². The molecular formula is C14H12Cl2F2N2. The summed E-state index contributed by atoms with van der Waals surface area (Å²) < 4.78 is 26.5. The lowest BCUT2D eigenvalue weighted by Gasteiger charge is -2.17. The lowest BCUT2D eigenvalue weighted by molar-refractivity contribution is 0.530. The van der Waals surface area contributed by atoms with E-state index >= 15 is 0 Å². The average molecular weight is 317 g/mol. The molecule has 0 heterocycles. The van der Waals surface area contributed by atoms with Gasteiger partial charge in [-0.15, -0.1) is 0 Å². The first-order valence-electron chi connectivity index (χ1n) is 5.85. The molecule has 2 aromatic carbocycles. The number of nitrogens with one attached hydrogen (secondary N) is 1. The Morgan fingerprint density at radius 3 is 2.25 bits per heavy atom. The zero-order chi connectivity index (χ0) is 14.7. The molecular weight excluding hydrogens is 305 g/mol. The second kappa shape index (κ2) is 6.50. The lowest BCUT2D eigenvalue weighted by Crippen LogP contribution is -2.29. The SMILES string of the molecule is NNC(Cc1ccc(Cl)cc1Cl)c1cc(F)cc(F)c1. The van der Waals surface area contributed by atoms with E-state index in [-0.39, 0.29) is 0 Å². The van der Waals surface area contributed by atoms with Crippen LogP contribution in [0, 0.1) is 11.6 Å². The number of benzene rings is 2. The molecule has 0 radical (unpaired) electrons. The summed E-state index contributed by atoms with van der Waals surface area (Å²) in [5.74, 6) is 4.17. The Balaban J connectivity index is 2.28. The number of rotatable bonds is 4. The molecule has 0 aliphatic heterocycles. The van der Waals surface area contributed by atoms with E-state index in [1.54, 1.807) is 18.2 Å². The zero-order valence-corrected chi connectivity index (χ0v) is 11.8. The first kappa shape index (κ1) is 15.2. The Morgan fingerprint density at radius 1 is 1.05 bits per heavy atom. The second-order valence-electron chi connectivity index (χ2n) is 4.36. The van der Waals surface area contributed by atoms with Gasteiger partial charge in [0.05, 0.1) is 6.04 Å². The first-order chi connectivity index (χ1) is 9.49. The van der Waals surface area contributed by atoms with Crippen LogP contribution in [0.5, 0.6) is 0 Å². The molecule has 3 N–H and O–H groups in total. The van der Waals surface area contributed by atoms with Crippen LogP contribution < -0.4 is 11.3 Å². The minimum absolute atomic E-state index is 0.384. The monoisotopic (exact) mass is 316 g/mol. The molecule has 2 aromatic rings. The minimum atomic E-state index is -0.651. The summed E-state index contributed by atoms with van der Waals surface area (Å²) in [5, 5.41) is 1.00. The molecule has 0 spiro atoms. The number of hydrazine groups is 1. The van der Waals surface area contributed by atoms with Crippen LogP contribution in [0.3, 0.4) is 0 Å². The van der Waals surface area contributed by atoms with Gasteiger partial charge < -0.3 is 0 Å². The van der Waals surface area contributed by atoms with E-state index in [2.05, 4.69) is 5.43 Å². The summed E-state index contributed by atoms with van der Waals surface area (Å²) in [6.07, 6.45) is 0.384. The second-order valence-corrected chi connectivity index (χ2v) is 5.21. The third-order valence-corrected chi connectivity index (χ3v) is 3.51. The van der Waals surface area contributed by atoms with Gasteiger partial charge in [-0.05, 0) is 41.8 Å². The van der Waals surface area contributed by atoms with Crippen LogP contribution in [0.4, 0.5) is 8.78 Å². The van der Waals surface area contributed by atoms with Crippen LogP contribution in [-0.4, -0.2) is 0 Å². The third-order valence-electron chi connectivity index (χ3n) is 2.93. The maximum Gasteiger partial charge on any atom is 0.126 e. The minimum Gasteiger partial charge on any atom is -0.271 e. The predicted octanol–water partition coefficient (Wildman–Crippen LogP) is 4.02. The Labute approximate surface area is 125 Å². The summed E-state index contributed by atoms with van der Waals surface area (Å²) in [7, 11) is 0. The van der Waals surface area contributed by atoms with Gasteiger partial charge in [-0.3, -0.25) is 11.3 Å². The van der Waals surface area contributed by atoms with Crippen molar-refractivity contribution in [3.63, 3.8) is 0 Å². The van der Waals surface area contributed by atoms with Crippen molar-refractivity contribution >= 4 is 23.2 Å². The lowest BCUT2D eigenvalue weighted by atomic mass is 9.99. The fourth-order valence-electron chi connectivity index (χ4n) is 1.96. The molecule has 0 amide bonds. The molecule has 0 aliphatic rings. The highest BCUT2D eigenvalue weighted by Gasteiger charge is 2.15. The average Bonchev–Trinajstić information content (AvgIpc) is 2.36. The molecule has 0 aliphatic carbocycles. The fraction of sp³-hybridized carbons (Fsp3) is 0.143. The van der Waals surface area contributed by atoms with Crippen LogP contribution in [0.25, 0.3) is 0 Å². The molecule has 0 fully saturated rings. The van der Waals surface area contributed by atoms with E-state index in [4.69, 9.17) is 29.0 Å². The van der Waals surface area contributed by atoms with Crippen molar-refractivity contribution in [1.29, 1.82) is 0 Å². The van der Waals surface area contributed by atoms with Crippen molar-refractivity contribution in [3.05, 3.63) is 69.2 Å². The van der Waals surface area contributed by atoms with Crippen LogP contribution in [0.2, 0.25) is 10.0 Å². The summed E-state index contributed by atoms with van der Waals surface area (Å²) >= 11 is 11.9. The maximum absolute atomic E-state index is 13.2. The molecule has 1 unspecified atom stereocenters. The Hall–Kier alpha value is -1.20. The molecule has 0 aromatic heterocycles. The largest absolute Gasteiger partial charge is 0.271 e. The molecule has 2 nitrogen and oxygen atoms in total. The van der Waals surface area contributed by atoms with Crippen molar-refractivity contribution in [1.82, 2.24) is 5.43 Å². The van der Waals surface area contributed by atoms with Gasteiger partial charge in [-0.25, -0.2) is 8.78 Å². The number of halogens is 4. The predicted molar refractivity (Wildman–Crippen MR) is 76.6 cm³/mol. The molecule has 0 saturated heterocycles. The molecule has 1 atom stereocenters. The maximum atomic E-state index is 13.2. The number of hydrogen-bond acceptors (Lipinski definition) is 2. The highest BCUT2D eigenvalue weighted by molar-refractivity contribution is 6.35. The number of hydrogen-bond donors (Lipinski definition) is 2. The van der Waals surface area contributed by atoms with Gasteiger partial charge in [0.25, 0.3) is 0 Å². The summed E-state index contributed by atoms with van der Waals surface area (Å²) in [6.45, 7) is 0. The zero-order valence-electron chi connectivity index (χ0n) is 10.3. The topological polar surface area (TPSA) is 38.0 Å². The van der Waals surface area contributed by atoms with Gasteiger partial charge in [-0.1, -0.05) is 29.3 Å². The Morgan fingerprint density at radius 2 is 1.70 bits per heavy atom. The molecule has 6 heteroatoms. The summed E-state index contributed by atoms with van der Waals surface area (Å²) in [5.41, 5.74) is 3.73. The highest BCUT2D eigenvalue weighted by atomic mass is 35.5. The molecule has 0 bridgehead atoms. The van der Waals surface area contributed by atoms with Gasteiger partial charge in [0.2, 0.25) is 0 Å². The number of nitrogens with two attached hydrogens (primary N) is 1. The molecule has 106 valence electrons. The molecule has 0 saturated carbocycles. The van der Waals surface area contributed by atoms with Gasteiger partial charge in [-0.2, -0.15) is 0 Å². The van der Waals surface area contributed by atoms with Gasteiger partial charge in [0, 0.05) is 16.1 Å². The third kappa shape index (κ3) is 3.67. The van der Waals surface area contributed by atoms with Crippen LogP contribution in [-0.2, 0) is 6.42 Å². The fourth-order valence-corrected chi connectivity index (χ4v) is 2.44. The highest BCUT2D eigenvalue weighted by Crippen LogP contribution is 2.26. The Bertz CT molecular complexity index is 600. The summed E-state index contributed by atoms with van der Waals surface area (Å²) in [4.78, 5) is 0. The van der Waals surface area contributed by atoms with Crippen LogP contribution >= 0.6 is 23.2 Å². The van der Waals surface area contributed by atoms with Gasteiger partial charge in [0.15, 0.2) is 0 Å². The van der Waals surface area contributed by atoms with Crippen molar-refractivity contribution in [2.75, 3.05) is 0 Å². The van der Waals surface area contributed by atoms with Crippen molar-refractivity contribution < 1.29 is 8.78 Å². The van der Waals surface area contributed by atoms with Gasteiger partial charge >= 0.3 is 0 Å². The van der Waals surface area contributed by atoms with Crippen LogP contribution in [0.1, 0.15) is 17.2 Å². The van der Waals surface area contributed by atoms with E-state index in [9.17, 15) is 8.78 Å².